The number of nitrogens with zero attached hydrogens (tertiary/aromatic N) is 1. The minimum Gasteiger partial charge on any atom is -0.369 e. The van der Waals surface area contributed by atoms with Crippen LogP contribution in [0.5, 0.6) is 0 Å². The zero-order valence-corrected chi connectivity index (χ0v) is 14.6. The molecule has 2 N–H and O–H groups in total. The first-order chi connectivity index (χ1) is 9.81. The van der Waals surface area contributed by atoms with Gasteiger partial charge in [-0.2, -0.15) is 0 Å². The Balaban J connectivity index is 2.96. The standard InChI is InChI=1S/C14H24ClN3O2S/c1-5-7-16-14-12(15)8-11(9-17-14)21(19,20)18-13(6-2)10(3)4/h8-10,13,18H,5-7H2,1-4H3,(H,16,17). The highest BCUT2D eigenvalue weighted by Gasteiger charge is 2.22. The van der Waals surface area contributed by atoms with Gasteiger partial charge in [-0.25, -0.2) is 18.1 Å². The number of halogens is 1. The second-order valence-electron chi connectivity index (χ2n) is 5.31. The van der Waals surface area contributed by atoms with E-state index in [1.807, 2.05) is 27.7 Å². The van der Waals surface area contributed by atoms with Crippen LogP contribution in [-0.4, -0.2) is 26.0 Å². The van der Waals surface area contributed by atoms with Gasteiger partial charge in [0.15, 0.2) is 0 Å². The molecular weight excluding hydrogens is 310 g/mol. The number of sulfonamides is 1. The highest BCUT2D eigenvalue weighted by Crippen LogP contribution is 2.23. The molecular formula is C14H24ClN3O2S. The van der Waals surface area contributed by atoms with Gasteiger partial charge < -0.3 is 5.32 Å². The summed E-state index contributed by atoms with van der Waals surface area (Å²) in [6.07, 6.45) is 3.00. The predicted molar refractivity (Wildman–Crippen MR) is 87.3 cm³/mol. The zero-order valence-electron chi connectivity index (χ0n) is 13.0. The molecule has 0 saturated carbocycles. The molecule has 0 aliphatic heterocycles. The Morgan fingerprint density at radius 3 is 2.48 bits per heavy atom. The van der Waals surface area contributed by atoms with Crippen LogP contribution in [0.25, 0.3) is 0 Å². The molecule has 1 aromatic heterocycles. The molecule has 0 fully saturated rings. The van der Waals surface area contributed by atoms with Gasteiger partial charge in [0.2, 0.25) is 10.0 Å². The fraction of sp³-hybridized carbons (Fsp3) is 0.643. The summed E-state index contributed by atoms with van der Waals surface area (Å²) in [6, 6.07) is 1.33. The number of anilines is 1. The van der Waals surface area contributed by atoms with E-state index in [4.69, 9.17) is 11.6 Å². The van der Waals surface area contributed by atoms with Gasteiger partial charge in [0.1, 0.15) is 10.7 Å². The monoisotopic (exact) mass is 333 g/mol. The maximum Gasteiger partial charge on any atom is 0.242 e. The van der Waals surface area contributed by atoms with E-state index in [1.54, 1.807) is 0 Å². The molecule has 0 aliphatic rings. The Morgan fingerprint density at radius 1 is 1.33 bits per heavy atom. The number of hydrogen-bond donors (Lipinski definition) is 2. The van der Waals surface area contributed by atoms with E-state index >= 15 is 0 Å². The Labute approximate surface area is 132 Å². The van der Waals surface area contributed by atoms with Crippen LogP contribution in [0.2, 0.25) is 5.02 Å². The van der Waals surface area contributed by atoms with Gasteiger partial charge in [-0.05, 0) is 24.8 Å². The van der Waals surface area contributed by atoms with E-state index in [9.17, 15) is 8.42 Å². The van der Waals surface area contributed by atoms with E-state index < -0.39 is 10.0 Å². The van der Waals surface area contributed by atoms with Crippen LogP contribution in [0.3, 0.4) is 0 Å². The van der Waals surface area contributed by atoms with Crippen LogP contribution in [0, 0.1) is 5.92 Å². The molecule has 0 radical (unpaired) electrons. The Hall–Kier alpha value is -0.850. The lowest BCUT2D eigenvalue weighted by Crippen LogP contribution is -2.38. The third-order valence-electron chi connectivity index (χ3n) is 3.22. The highest BCUT2D eigenvalue weighted by molar-refractivity contribution is 7.89. The summed E-state index contributed by atoms with van der Waals surface area (Å²) in [5, 5.41) is 3.36. The normalized spacial score (nSPS) is 13.4. The van der Waals surface area contributed by atoms with Crippen molar-refractivity contribution >= 4 is 27.4 Å². The van der Waals surface area contributed by atoms with Crippen LogP contribution in [-0.2, 0) is 10.0 Å². The van der Waals surface area contributed by atoms with E-state index in [0.29, 0.717) is 10.8 Å². The van der Waals surface area contributed by atoms with Crippen molar-refractivity contribution in [3.63, 3.8) is 0 Å². The summed E-state index contributed by atoms with van der Waals surface area (Å²) in [5.74, 6) is 0.729. The SMILES string of the molecule is CCCNc1ncc(S(=O)(=O)NC(CC)C(C)C)cc1Cl. The first-order valence-electron chi connectivity index (χ1n) is 7.23. The molecule has 0 amide bonds. The predicted octanol–water partition coefficient (Wildman–Crippen LogP) is 3.27. The van der Waals surface area contributed by atoms with E-state index in [-0.39, 0.29) is 16.9 Å². The van der Waals surface area contributed by atoms with Crippen LogP contribution >= 0.6 is 11.6 Å². The summed E-state index contributed by atoms with van der Waals surface area (Å²) >= 11 is 6.09. The lowest BCUT2D eigenvalue weighted by Gasteiger charge is -2.20. The van der Waals surface area contributed by atoms with Crippen molar-refractivity contribution < 1.29 is 8.42 Å². The maximum atomic E-state index is 12.4. The minimum absolute atomic E-state index is 0.0913. The molecule has 120 valence electrons. The lowest BCUT2D eigenvalue weighted by molar-refractivity contribution is 0.437. The molecule has 1 heterocycles. The van der Waals surface area contributed by atoms with Crippen molar-refractivity contribution in [3.8, 4) is 0 Å². The number of rotatable bonds is 8. The molecule has 1 unspecified atom stereocenters. The number of pyridine rings is 1. The minimum atomic E-state index is -3.60. The van der Waals surface area contributed by atoms with E-state index in [2.05, 4.69) is 15.0 Å². The average Bonchev–Trinajstić information content (AvgIpc) is 2.43. The number of aromatic nitrogens is 1. The molecule has 1 rings (SSSR count). The van der Waals surface area contributed by atoms with Crippen LogP contribution in [0.15, 0.2) is 17.2 Å². The van der Waals surface area contributed by atoms with Crippen LogP contribution in [0.1, 0.15) is 40.5 Å². The smallest absolute Gasteiger partial charge is 0.242 e. The number of hydrogen-bond acceptors (Lipinski definition) is 4. The third kappa shape index (κ3) is 5.13. The van der Waals surface area contributed by atoms with Gasteiger partial charge in [0, 0.05) is 18.8 Å². The summed E-state index contributed by atoms with van der Waals surface area (Å²) in [7, 11) is -3.60. The quantitative estimate of drug-likeness (QED) is 0.766. The van der Waals surface area contributed by atoms with Crippen molar-refractivity contribution in [1.29, 1.82) is 0 Å². The molecule has 7 heteroatoms. The molecule has 1 aromatic rings. The van der Waals surface area contributed by atoms with Crippen LogP contribution < -0.4 is 10.0 Å². The first-order valence-corrected chi connectivity index (χ1v) is 9.09. The fourth-order valence-corrected chi connectivity index (χ4v) is 3.63. The summed E-state index contributed by atoms with van der Waals surface area (Å²) in [4.78, 5) is 4.19. The molecule has 21 heavy (non-hydrogen) atoms. The Bertz CT molecular complexity index is 561. The van der Waals surface area contributed by atoms with Crippen molar-refractivity contribution in [1.82, 2.24) is 9.71 Å². The van der Waals surface area contributed by atoms with Gasteiger partial charge in [0.05, 0.1) is 5.02 Å². The summed E-state index contributed by atoms with van der Waals surface area (Å²) in [5.41, 5.74) is 0. The molecule has 0 bridgehead atoms. The van der Waals surface area contributed by atoms with Gasteiger partial charge in [-0.3, -0.25) is 0 Å². The Morgan fingerprint density at radius 2 is 2.00 bits per heavy atom. The van der Waals surface area contributed by atoms with Crippen molar-refractivity contribution in [3.05, 3.63) is 17.3 Å². The molecule has 1 atom stereocenters. The summed E-state index contributed by atoms with van der Waals surface area (Å²) in [6.45, 7) is 8.69. The lowest BCUT2D eigenvalue weighted by atomic mass is 10.0. The fourth-order valence-electron chi connectivity index (χ4n) is 1.90. The summed E-state index contributed by atoms with van der Waals surface area (Å²) < 4.78 is 27.4. The molecule has 0 aromatic carbocycles. The topological polar surface area (TPSA) is 71.1 Å². The number of nitrogens with one attached hydrogen (secondary N) is 2. The van der Waals surface area contributed by atoms with Gasteiger partial charge in [0.25, 0.3) is 0 Å². The second kappa shape index (κ2) is 7.96. The van der Waals surface area contributed by atoms with Crippen molar-refractivity contribution in [2.75, 3.05) is 11.9 Å². The largest absolute Gasteiger partial charge is 0.369 e. The molecule has 0 saturated heterocycles. The van der Waals surface area contributed by atoms with Gasteiger partial charge >= 0.3 is 0 Å². The maximum absolute atomic E-state index is 12.4. The molecule has 0 aliphatic carbocycles. The van der Waals surface area contributed by atoms with Gasteiger partial charge in [-0.1, -0.05) is 39.3 Å². The van der Waals surface area contributed by atoms with E-state index in [0.717, 1.165) is 19.4 Å². The van der Waals surface area contributed by atoms with Crippen molar-refractivity contribution in [2.45, 2.75) is 51.5 Å². The average molecular weight is 334 g/mol. The molecule has 5 nitrogen and oxygen atoms in total. The van der Waals surface area contributed by atoms with E-state index in [1.165, 1.54) is 12.3 Å². The second-order valence-corrected chi connectivity index (χ2v) is 7.43. The zero-order chi connectivity index (χ0) is 16.0. The Kier molecular flexibility index (Phi) is 6.90. The highest BCUT2D eigenvalue weighted by atomic mass is 35.5. The van der Waals surface area contributed by atoms with Crippen molar-refractivity contribution in [2.24, 2.45) is 5.92 Å². The first kappa shape index (κ1) is 18.2. The van der Waals surface area contributed by atoms with Gasteiger partial charge in [-0.15, -0.1) is 0 Å². The van der Waals surface area contributed by atoms with Crippen LogP contribution in [0.4, 0.5) is 5.82 Å². The third-order valence-corrected chi connectivity index (χ3v) is 4.96. The molecule has 0 spiro atoms.